The number of phosphoric acid groups is 1. The Hall–Kier alpha value is -1.80. The van der Waals surface area contributed by atoms with E-state index in [-0.39, 0.29) is 19.1 Å². The van der Waals surface area contributed by atoms with Gasteiger partial charge in [0.2, 0.25) is 5.91 Å². The molecule has 1 amide bonds. The number of quaternary nitrogens is 1. The number of rotatable bonds is 57. The zero-order valence-electron chi connectivity index (χ0n) is 48.9. The number of unbranched alkanes of at least 4 members (excludes halogenated alkanes) is 34. The highest BCUT2D eigenvalue weighted by Crippen LogP contribution is 2.43. The number of aliphatic hydroxyl groups is 1. The molecule has 3 atom stereocenters. The number of hydrogen-bond acceptors (Lipinski definition) is 5. The van der Waals surface area contributed by atoms with E-state index in [1.807, 2.05) is 21.1 Å². The van der Waals surface area contributed by atoms with Gasteiger partial charge in [0.25, 0.3) is 0 Å². The third-order valence-electron chi connectivity index (χ3n) is 14.0. The van der Waals surface area contributed by atoms with Gasteiger partial charge in [0.05, 0.1) is 39.9 Å². The summed E-state index contributed by atoms with van der Waals surface area (Å²) in [5.41, 5.74) is 0. The molecule has 0 spiro atoms. The lowest BCUT2D eigenvalue weighted by atomic mass is 10.0. The zero-order chi connectivity index (χ0) is 53.5. The third-order valence-corrected chi connectivity index (χ3v) is 15.0. The molecule has 0 aromatic heterocycles. The molecule has 0 aromatic rings. The first kappa shape index (κ1) is 71.2. The molecule has 73 heavy (non-hydrogen) atoms. The molecule has 8 nitrogen and oxygen atoms in total. The van der Waals surface area contributed by atoms with Crippen molar-refractivity contribution in [3.63, 3.8) is 0 Å². The molecular weight excluding hydrogens is 924 g/mol. The maximum absolute atomic E-state index is 13.0. The predicted octanol–water partition coefficient (Wildman–Crippen LogP) is 19.3. The maximum atomic E-state index is 13.0. The van der Waals surface area contributed by atoms with E-state index in [0.29, 0.717) is 23.9 Å². The Morgan fingerprint density at radius 2 is 0.822 bits per heavy atom. The van der Waals surface area contributed by atoms with Gasteiger partial charge in [-0.1, -0.05) is 286 Å². The average Bonchev–Trinajstić information content (AvgIpc) is 3.35. The standard InChI is InChI=1S/C64H121N2O6P/c1-6-8-10-12-14-16-18-20-22-24-26-28-29-30-31-32-33-34-35-36-38-39-41-43-45-47-49-51-53-55-57-63(67)62(61-72-73(69,70)71-60-59-66(3,4)5)65-64(68)58-56-54-52-50-48-46-44-42-40-37-27-25-23-21-19-17-15-13-11-9-7-2/h9,11,15,17,21,23,27,37,42,44,62-63,67H,6-8,10,12-14,16,18-20,22,24-26,28-36,38-41,43,45-61H2,1-5H3,(H-,65,68,69,70)/p+1/b11-9-,17-15-,23-21-,37-27-,44-42-. The van der Waals surface area contributed by atoms with Crippen molar-refractivity contribution in [1.82, 2.24) is 5.32 Å². The minimum absolute atomic E-state index is 0.0683. The number of allylic oxidation sites excluding steroid dienone is 10. The van der Waals surface area contributed by atoms with Crippen LogP contribution in [0.1, 0.15) is 290 Å². The van der Waals surface area contributed by atoms with Gasteiger partial charge >= 0.3 is 7.82 Å². The molecule has 0 bridgehead atoms. The van der Waals surface area contributed by atoms with Gasteiger partial charge in [0.1, 0.15) is 13.2 Å². The van der Waals surface area contributed by atoms with Gasteiger partial charge in [-0.2, -0.15) is 0 Å². The molecule has 0 rings (SSSR count). The van der Waals surface area contributed by atoms with Gasteiger partial charge in [0, 0.05) is 6.42 Å². The summed E-state index contributed by atoms with van der Waals surface area (Å²) in [5.74, 6) is -0.161. The van der Waals surface area contributed by atoms with E-state index >= 15 is 0 Å². The van der Waals surface area contributed by atoms with E-state index in [2.05, 4.69) is 79.9 Å². The fourth-order valence-corrected chi connectivity index (χ4v) is 9.93. The van der Waals surface area contributed by atoms with Crippen LogP contribution in [0.2, 0.25) is 0 Å². The number of carbonyl (C=O) groups excluding carboxylic acids is 1. The molecule has 0 aliphatic heterocycles. The molecule has 428 valence electrons. The van der Waals surface area contributed by atoms with Gasteiger partial charge in [-0.3, -0.25) is 13.8 Å². The van der Waals surface area contributed by atoms with Crippen LogP contribution in [0.5, 0.6) is 0 Å². The number of aliphatic hydroxyl groups excluding tert-OH is 1. The summed E-state index contributed by atoms with van der Waals surface area (Å²) in [6.07, 6.45) is 74.4. The molecule has 0 aliphatic carbocycles. The second-order valence-electron chi connectivity index (χ2n) is 22.4. The van der Waals surface area contributed by atoms with E-state index in [1.54, 1.807) is 0 Å². The fraction of sp³-hybridized carbons (Fsp3) is 0.828. The maximum Gasteiger partial charge on any atom is 0.472 e. The van der Waals surface area contributed by atoms with Crippen LogP contribution in [-0.4, -0.2) is 73.4 Å². The van der Waals surface area contributed by atoms with Crippen molar-refractivity contribution in [2.75, 3.05) is 40.9 Å². The number of nitrogens with one attached hydrogen (secondary N) is 1. The average molecular weight is 1050 g/mol. The van der Waals surface area contributed by atoms with E-state index in [0.717, 1.165) is 89.9 Å². The van der Waals surface area contributed by atoms with Crippen molar-refractivity contribution in [2.45, 2.75) is 302 Å². The third kappa shape index (κ3) is 57.7. The summed E-state index contributed by atoms with van der Waals surface area (Å²) >= 11 is 0. The molecule has 0 heterocycles. The minimum atomic E-state index is -4.34. The fourth-order valence-electron chi connectivity index (χ4n) is 9.19. The largest absolute Gasteiger partial charge is 0.472 e. The molecule has 3 N–H and O–H groups in total. The molecule has 0 saturated heterocycles. The first-order valence-electron chi connectivity index (χ1n) is 31.2. The Labute approximate surface area is 453 Å². The SMILES string of the molecule is CC/C=C\C/C=C\C/C=C\C/C=C\C/C=C\CCCCCCCC(=O)NC(COP(=O)(O)OCC[N+](C)(C)C)C(O)CCCCCCCCCCCCCCCCCCCCCCCCCCCCCCCC. The van der Waals surface area contributed by atoms with Gasteiger partial charge in [-0.05, 0) is 57.8 Å². The van der Waals surface area contributed by atoms with E-state index in [1.165, 1.54) is 173 Å². The molecule has 0 fully saturated rings. The van der Waals surface area contributed by atoms with Gasteiger partial charge in [-0.25, -0.2) is 4.57 Å². The molecular formula is C64H122N2O6P+. The Bertz CT molecular complexity index is 1370. The zero-order valence-corrected chi connectivity index (χ0v) is 49.8. The lowest BCUT2D eigenvalue weighted by Crippen LogP contribution is -2.46. The lowest BCUT2D eigenvalue weighted by Gasteiger charge is -2.26. The van der Waals surface area contributed by atoms with Gasteiger partial charge in [0.15, 0.2) is 0 Å². The smallest absolute Gasteiger partial charge is 0.391 e. The molecule has 0 aliphatic rings. The van der Waals surface area contributed by atoms with Crippen molar-refractivity contribution in [1.29, 1.82) is 0 Å². The summed E-state index contributed by atoms with van der Waals surface area (Å²) in [4.78, 5) is 23.4. The Kier molecular flexibility index (Phi) is 53.6. The Morgan fingerprint density at radius 1 is 0.479 bits per heavy atom. The number of amides is 1. The Balaban J connectivity index is 4.11. The number of likely N-dealkylation sites (N-methyl/N-ethyl adjacent to an activating group) is 1. The summed E-state index contributed by atoms with van der Waals surface area (Å²) in [7, 11) is 1.60. The van der Waals surface area contributed by atoms with Crippen molar-refractivity contribution in [3.8, 4) is 0 Å². The monoisotopic (exact) mass is 1050 g/mol. The van der Waals surface area contributed by atoms with Crippen molar-refractivity contribution in [3.05, 3.63) is 60.8 Å². The highest BCUT2D eigenvalue weighted by Gasteiger charge is 2.28. The van der Waals surface area contributed by atoms with Crippen LogP contribution in [0, 0.1) is 0 Å². The number of hydrogen-bond donors (Lipinski definition) is 3. The van der Waals surface area contributed by atoms with Crippen LogP contribution < -0.4 is 5.32 Å². The molecule has 0 saturated carbocycles. The highest BCUT2D eigenvalue weighted by atomic mass is 31.2. The number of phosphoric ester groups is 1. The quantitative estimate of drug-likeness (QED) is 0.0243. The molecule has 3 unspecified atom stereocenters. The lowest BCUT2D eigenvalue weighted by molar-refractivity contribution is -0.870. The van der Waals surface area contributed by atoms with Crippen LogP contribution in [0.25, 0.3) is 0 Å². The molecule has 9 heteroatoms. The van der Waals surface area contributed by atoms with Crippen LogP contribution in [0.15, 0.2) is 60.8 Å². The topological polar surface area (TPSA) is 105 Å². The van der Waals surface area contributed by atoms with Crippen molar-refractivity contribution in [2.24, 2.45) is 0 Å². The van der Waals surface area contributed by atoms with Gasteiger partial charge < -0.3 is 19.8 Å². The molecule has 0 radical (unpaired) electrons. The number of carbonyl (C=O) groups is 1. The minimum Gasteiger partial charge on any atom is -0.391 e. The summed E-state index contributed by atoms with van der Waals surface area (Å²) < 4.78 is 23.8. The highest BCUT2D eigenvalue weighted by molar-refractivity contribution is 7.47. The van der Waals surface area contributed by atoms with E-state index < -0.39 is 20.0 Å². The van der Waals surface area contributed by atoms with E-state index in [9.17, 15) is 19.4 Å². The number of nitrogens with zero attached hydrogens (tertiary/aromatic N) is 1. The first-order valence-corrected chi connectivity index (χ1v) is 32.6. The summed E-state index contributed by atoms with van der Waals surface area (Å²) in [6.45, 7) is 4.79. The Morgan fingerprint density at radius 3 is 1.21 bits per heavy atom. The predicted molar refractivity (Wildman–Crippen MR) is 318 cm³/mol. The second kappa shape index (κ2) is 55.0. The first-order chi connectivity index (χ1) is 35.5. The van der Waals surface area contributed by atoms with Crippen molar-refractivity contribution >= 4 is 13.7 Å². The second-order valence-corrected chi connectivity index (χ2v) is 23.9. The van der Waals surface area contributed by atoms with Crippen LogP contribution >= 0.6 is 7.82 Å². The normalized spacial score (nSPS) is 14.2. The summed E-state index contributed by atoms with van der Waals surface area (Å²) in [6, 6.07) is -0.776. The molecule has 0 aromatic carbocycles. The van der Waals surface area contributed by atoms with Crippen LogP contribution in [0.3, 0.4) is 0 Å². The van der Waals surface area contributed by atoms with E-state index in [4.69, 9.17) is 9.05 Å². The van der Waals surface area contributed by atoms with Gasteiger partial charge in [-0.15, -0.1) is 0 Å². The van der Waals surface area contributed by atoms with Crippen LogP contribution in [0.4, 0.5) is 0 Å². The van der Waals surface area contributed by atoms with Crippen LogP contribution in [-0.2, 0) is 18.4 Å². The van der Waals surface area contributed by atoms with Crippen molar-refractivity contribution < 1.29 is 32.9 Å². The summed E-state index contributed by atoms with van der Waals surface area (Å²) in [5, 5.41) is 14.1.